The van der Waals surface area contributed by atoms with Gasteiger partial charge in [-0.25, -0.2) is 12.7 Å². The lowest BCUT2D eigenvalue weighted by Crippen LogP contribution is -2.23. The highest BCUT2D eigenvalue weighted by molar-refractivity contribution is 7.89. The van der Waals surface area contributed by atoms with Crippen molar-refractivity contribution in [2.24, 2.45) is 0 Å². The normalized spacial score (nSPS) is 11.4. The summed E-state index contributed by atoms with van der Waals surface area (Å²) >= 11 is 0. The minimum Gasteiger partial charge on any atom is -0.376 e. The molecule has 2 N–H and O–H groups in total. The molecular formula is C18H23N3O3S. The number of nitrogens with zero attached hydrogens (tertiary/aromatic N) is 1. The van der Waals surface area contributed by atoms with Crippen LogP contribution in [0.15, 0.2) is 53.4 Å². The molecule has 2 aromatic rings. The maximum absolute atomic E-state index is 12.1. The Morgan fingerprint density at radius 2 is 1.72 bits per heavy atom. The smallest absolute Gasteiger partial charge is 0.243 e. The molecule has 7 heteroatoms. The van der Waals surface area contributed by atoms with Gasteiger partial charge >= 0.3 is 0 Å². The van der Waals surface area contributed by atoms with Gasteiger partial charge in [-0.3, -0.25) is 4.79 Å². The highest BCUT2D eigenvalue weighted by atomic mass is 32.2. The lowest BCUT2D eigenvalue weighted by molar-refractivity contribution is -0.114. The van der Waals surface area contributed by atoms with E-state index in [2.05, 4.69) is 17.6 Å². The third kappa shape index (κ3) is 5.04. The number of rotatable bonds is 7. The second-order valence-electron chi connectivity index (χ2n) is 5.77. The van der Waals surface area contributed by atoms with Crippen molar-refractivity contribution < 1.29 is 13.2 Å². The zero-order valence-corrected chi connectivity index (χ0v) is 15.4. The third-order valence-corrected chi connectivity index (χ3v) is 5.52. The van der Waals surface area contributed by atoms with Gasteiger partial charge in [0, 0.05) is 25.5 Å². The zero-order valence-electron chi connectivity index (χ0n) is 14.6. The Hall–Kier alpha value is -2.38. The highest BCUT2D eigenvalue weighted by Gasteiger charge is 2.17. The quantitative estimate of drug-likeness (QED) is 0.794. The summed E-state index contributed by atoms with van der Waals surface area (Å²) in [5.41, 5.74) is 2.50. The Balaban J connectivity index is 1.97. The summed E-state index contributed by atoms with van der Waals surface area (Å²) in [6.07, 6.45) is 0.946. The number of hydrogen-bond acceptors (Lipinski definition) is 4. The van der Waals surface area contributed by atoms with Crippen molar-refractivity contribution in [2.45, 2.75) is 18.2 Å². The minimum absolute atomic E-state index is 0.0427. The third-order valence-electron chi connectivity index (χ3n) is 3.71. The predicted molar refractivity (Wildman–Crippen MR) is 100 cm³/mol. The number of sulfonamides is 1. The van der Waals surface area contributed by atoms with Gasteiger partial charge < -0.3 is 10.6 Å². The summed E-state index contributed by atoms with van der Waals surface area (Å²) < 4.78 is 25.4. The number of amides is 1. The summed E-state index contributed by atoms with van der Waals surface area (Å²) in [7, 11) is -0.543. The number of anilines is 2. The van der Waals surface area contributed by atoms with Gasteiger partial charge in [0.15, 0.2) is 0 Å². The van der Waals surface area contributed by atoms with Gasteiger partial charge in [-0.15, -0.1) is 0 Å². The van der Waals surface area contributed by atoms with Crippen LogP contribution in [0.4, 0.5) is 11.4 Å². The SMILES string of the molecule is CCc1ccc(NC(=O)CNc2cccc(S(=O)(=O)N(C)C)c2)cc1. The summed E-state index contributed by atoms with van der Waals surface area (Å²) in [6, 6.07) is 14.1. The molecule has 0 spiro atoms. The maximum Gasteiger partial charge on any atom is 0.243 e. The van der Waals surface area contributed by atoms with E-state index in [4.69, 9.17) is 0 Å². The molecule has 0 radical (unpaired) electrons. The summed E-state index contributed by atoms with van der Waals surface area (Å²) in [5, 5.41) is 5.74. The topological polar surface area (TPSA) is 78.5 Å². The molecule has 2 aromatic carbocycles. The molecule has 0 bridgehead atoms. The molecule has 6 nitrogen and oxygen atoms in total. The number of carbonyl (C=O) groups is 1. The Kier molecular flexibility index (Phi) is 6.17. The molecule has 0 saturated carbocycles. The van der Waals surface area contributed by atoms with Crippen LogP contribution >= 0.6 is 0 Å². The number of hydrogen-bond donors (Lipinski definition) is 2. The predicted octanol–water partition coefficient (Wildman–Crippen LogP) is 2.55. The molecule has 0 fully saturated rings. The standard InChI is InChI=1S/C18H23N3O3S/c1-4-14-8-10-15(11-9-14)20-18(22)13-19-16-6-5-7-17(12-16)25(23,24)21(2)3/h5-12,19H,4,13H2,1-3H3,(H,20,22). The molecule has 25 heavy (non-hydrogen) atoms. The van der Waals surface area contributed by atoms with Gasteiger partial charge in [-0.05, 0) is 42.3 Å². The average molecular weight is 361 g/mol. The second-order valence-corrected chi connectivity index (χ2v) is 7.92. The van der Waals surface area contributed by atoms with Gasteiger partial charge in [-0.1, -0.05) is 25.1 Å². The molecule has 2 rings (SSSR count). The van der Waals surface area contributed by atoms with E-state index in [0.29, 0.717) is 5.69 Å². The lowest BCUT2D eigenvalue weighted by Gasteiger charge is -2.13. The minimum atomic E-state index is -3.50. The van der Waals surface area contributed by atoms with Crippen molar-refractivity contribution in [3.05, 3.63) is 54.1 Å². The van der Waals surface area contributed by atoms with Crippen LogP contribution in [0, 0.1) is 0 Å². The molecule has 0 aliphatic rings. The van der Waals surface area contributed by atoms with E-state index < -0.39 is 10.0 Å². The number of carbonyl (C=O) groups excluding carboxylic acids is 1. The number of aryl methyl sites for hydroxylation is 1. The van der Waals surface area contributed by atoms with Crippen molar-refractivity contribution >= 4 is 27.3 Å². The maximum atomic E-state index is 12.1. The van der Waals surface area contributed by atoms with Crippen molar-refractivity contribution in [2.75, 3.05) is 31.3 Å². The molecule has 134 valence electrons. The molecule has 0 aliphatic heterocycles. The first kappa shape index (κ1) is 19.0. The van der Waals surface area contributed by atoms with E-state index in [9.17, 15) is 13.2 Å². The summed E-state index contributed by atoms with van der Waals surface area (Å²) in [4.78, 5) is 12.2. The van der Waals surface area contributed by atoms with Crippen molar-refractivity contribution in [1.29, 1.82) is 0 Å². The molecular weight excluding hydrogens is 338 g/mol. The van der Waals surface area contributed by atoms with Gasteiger partial charge in [0.05, 0.1) is 11.4 Å². The fourth-order valence-corrected chi connectivity index (χ4v) is 3.14. The van der Waals surface area contributed by atoms with Crippen molar-refractivity contribution in [1.82, 2.24) is 4.31 Å². The van der Waals surface area contributed by atoms with Crippen LogP contribution in [-0.4, -0.2) is 39.3 Å². The van der Waals surface area contributed by atoms with Crippen LogP contribution in [0.25, 0.3) is 0 Å². The number of benzene rings is 2. The van der Waals surface area contributed by atoms with Gasteiger partial charge in [0.1, 0.15) is 0 Å². The Morgan fingerprint density at radius 1 is 1.04 bits per heavy atom. The Labute approximate surface area is 148 Å². The molecule has 0 heterocycles. The zero-order chi connectivity index (χ0) is 18.4. The lowest BCUT2D eigenvalue weighted by atomic mass is 10.1. The first-order valence-corrected chi connectivity index (χ1v) is 9.42. The van der Waals surface area contributed by atoms with E-state index in [0.717, 1.165) is 16.4 Å². The van der Waals surface area contributed by atoms with Gasteiger partial charge in [0.25, 0.3) is 0 Å². The first-order valence-electron chi connectivity index (χ1n) is 7.98. The van der Waals surface area contributed by atoms with E-state index in [1.165, 1.54) is 31.8 Å². The monoisotopic (exact) mass is 361 g/mol. The van der Waals surface area contributed by atoms with Crippen LogP contribution < -0.4 is 10.6 Å². The van der Waals surface area contributed by atoms with E-state index >= 15 is 0 Å². The summed E-state index contributed by atoms with van der Waals surface area (Å²) in [6.45, 7) is 2.11. The van der Waals surface area contributed by atoms with Crippen molar-refractivity contribution in [3.63, 3.8) is 0 Å². The molecule has 0 aromatic heterocycles. The van der Waals surface area contributed by atoms with Crippen LogP contribution in [0.1, 0.15) is 12.5 Å². The molecule has 1 amide bonds. The Bertz CT molecular complexity index is 831. The largest absolute Gasteiger partial charge is 0.376 e. The molecule has 0 atom stereocenters. The van der Waals surface area contributed by atoms with Gasteiger partial charge in [0.2, 0.25) is 15.9 Å². The average Bonchev–Trinajstić information content (AvgIpc) is 2.60. The molecule has 0 unspecified atom stereocenters. The molecule has 0 saturated heterocycles. The van der Waals surface area contributed by atoms with E-state index in [1.54, 1.807) is 12.1 Å². The van der Waals surface area contributed by atoms with E-state index in [-0.39, 0.29) is 17.3 Å². The van der Waals surface area contributed by atoms with Crippen LogP contribution in [0.5, 0.6) is 0 Å². The van der Waals surface area contributed by atoms with Crippen LogP contribution in [0.2, 0.25) is 0 Å². The second kappa shape index (κ2) is 8.13. The fraction of sp³-hybridized carbons (Fsp3) is 0.278. The van der Waals surface area contributed by atoms with Crippen LogP contribution in [0.3, 0.4) is 0 Å². The Morgan fingerprint density at radius 3 is 2.32 bits per heavy atom. The van der Waals surface area contributed by atoms with Gasteiger partial charge in [-0.2, -0.15) is 0 Å². The van der Waals surface area contributed by atoms with Crippen molar-refractivity contribution in [3.8, 4) is 0 Å². The number of nitrogens with one attached hydrogen (secondary N) is 2. The first-order chi connectivity index (χ1) is 11.8. The fourth-order valence-electron chi connectivity index (χ4n) is 2.19. The van der Waals surface area contributed by atoms with Crippen LogP contribution in [-0.2, 0) is 21.2 Å². The molecule has 0 aliphatic carbocycles. The van der Waals surface area contributed by atoms with E-state index in [1.807, 2.05) is 24.3 Å². The summed E-state index contributed by atoms with van der Waals surface area (Å²) in [5.74, 6) is -0.204. The highest BCUT2D eigenvalue weighted by Crippen LogP contribution is 2.18.